The molecule has 0 spiro atoms. The van der Waals surface area contributed by atoms with E-state index in [1.165, 1.54) is 6.92 Å². The molecule has 1 heterocycles. The monoisotopic (exact) mass is 313 g/mol. The van der Waals surface area contributed by atoms with Gasteiger partial charge in [0.25, 0.3) is 0 Å². The van der Waals surface area contributed by atoms with Gasteiger partial charge in [-0.3, -0.25) is 9.59 Å². The Labute approximate surface area is 125 Å². The lowest BCUT2D eigenvalue weighted by atomic mass is 10.3. The van der Waals surface area contributed by atoms with E-state index in [0.717, 1.165) is 13.7 Å². The molecule has 9 nitrogen and oxygen atoms in total. The summed E-state index contributed by atoms with van der Waals surface area (Å²) < 4.78 is 2.39. The van der Waals surface area contributed by atoms with Crippen molar-refractivity contribution in [2.75, 3.05) is 0 Å². The maximum absolute atomic E-state index is 12.2. The second-order valence-electron chi connectivity index (χ2n) is 5.21. The Morgan fingerprint density at radius 2 is 1.41 bits per heavy atom. The fourth-order valence-corrected chi connectivity index (χ4v) is 1.95. The van der Waals surface area contributed by atoms with Gasteiger partial charge in [-0.2, -0.15) is 0 Å². The SMILES string of the molecule is CC(=O)CCn1c(=O)n(CCC(=O)O)c(=O)n(C(C)C)c1=O. The molecule has 1 N–H and O–H groups in total. The molecule has 0 saturated heterocycles. The summed E-state index contributed by atoms with van der Waals surface area (Å²) in [6.07, 6.45) is -0.442. The summed E-state index contributed by atoms with van der Waals surface area (Å²) in [5.74, 6) is -1.37. The third-order valence-corrected chi connectivity index (χ3v) is 3.09. The lowest BCUT2D eigenvalue weighted by molar-refractivity contribution is -0.137. The van der Waals surface area contributed by atoms with Crippen molar-refractivity contribution in [3.8, 4) is 0 Å². The van der Waals surface area contributed by atoms with Crippen molar-refractivity contribution in [1.82, 2.24) is 13.7 Å². The molecule has 0 bridgehead atoms. The number of ketones is 1. The molecular formula is C13H19N3O6. The molecule has 1 rings (SSSR count). The Balaban J connectivity index is 3.53. The normalized spacial score (nSPS) is 10.9. The fraction of sp³-hybridized carbons (Fsp3) is 0.615. The summed E-state index contributed by atoms with van der Waals surface area (Å²) in [4.78, 5) is 58.4. The molecule has 122 valence electrons. The quantitative estimate of drug-likeness (QED) is 0.704. The summed E-state index contributed by atoms with van der Waals surface area (Å²) >= 11 is 0. The molecule has 0 amide bonds. The maximum atomic E-state index is 12.2. The number of Topliss-reactive ketones (excluding diaryl/α,β-unsaturated/α-hetero) is 1. The first-order valence-electron chi connectivity index (χ1n) is 6.84. The first kappa shape index (κ1) is 17.6. The topological polar surface area (TPSA) is 120 Å². The minimum absolute atomic E-state index is 0.0234. The third-order valence-electron chi connectivity index (χ3n) is 3.09. The summed E-state index contributed by atoms with van der Waals surface area (Å²) in [6, 6.07) is -0.500. The number of aliphatic carboxylic acids is 1. The van der Waals surface area contributed by atoms with E-state index < -0.39 is 35.5 Å². The minimum atomic E-state index is -1.16. The van der Waals surface area contributed by atoms with E-state index in [4.69, 9.17) is 5.11 Å². The molecule has 0 saturated carbocycles. The van der Waals surface area contributed by atoms with E-state index in [-0.39, 0.29) is 25.3 Å². The number of aromatic nitrogens is 3. The van der Waals surface area contributed by atoms with Crippen molar-refractivity contribution in [1.29, 1.82) is 0 Å². The summed E-state index contributed by atoms with van der Waals surface area (Å²) in [5.41, 5.74) is -2.53. The van der Waals surface area contributed by atoms with Crippen molar-refractivity contribution in [2.24, 2.45) is 0 Å². The van der Waals surface area contributed by atoms with Gasteiger partial charge < -0.3 is 5.11 Å². The maximum Gasteiger partial charge on any atom is 0.336 e. The number of carboxylic acid groups (broad SMARTS) is 1. The van der Waals surface area contributed by atoms with Crippen molar-refractivity contribution < 1.29 is 14.7 Å². The third kappa shape index (κ3) is 3.80. The van der Waals surface area contributed by atoms with Crippen LogP contribution in [-0.2, 0) is 22.7 Å². The average molecular weight is 313 g/mol. The number of hydrogen-bond acceptors (Lipinski definition) is 5. The Bertz CT molecular complexity index is 696. The Kier molecular flexibility index (Phi) is 5.61. The molecule has 9 heteroatoms. The summed E-state index contributed by atoms with van der Waals surface area (Å²) in [6.45, 7) is 4.05. The van der Waals surface area contributed by atoms with Crippen LogP contribution in [0.25, 0.3) is 0 Å². The van der Waals surface area contributed by atoms with Crippen molar-refractivity contribution in [3.63, 3.8) is 0 Å². The minimum Gasteiger partial charge on any atom is -0.481 e. The average Bonchev–Trinajstić information content (AvgIpc) is 2.36. The van der Waals surface area contributed by atoms with Crippen LogP contribution in [0.3, 0.4) is 0 Å². The van der Waals surface area contributed by atoms with Gasteiger partial charge in [-0.05, 0) is 20.8 Å². The Morgan fingerprint density at radius 3 is 1.77 bits per heavy atom. The molecule has 22 heavy (non-hydrogen) atoms. The summed E-state index contributed by atoms with van der Waals surface area (Å²) in [5, 5.41) is 8.70. The highest BCUT2D eigenvalue weighted by molar-refractivity contribution is 5.75. The van der Waals surface area contributed by atoms with Gasteiger partial charge in [0.1, 0.15) is 5.78 Å². The van der Waals surface area contributed by atoms with Crippen LogP contribution in [0.4, 0.5) is 0 Å². The molecule has 0 atom stereocenters. The number of carbonyl (C=O) groups excluding carboxylic acids is 1. The molecule has 0 aliphatic rings. The van der Waals surface area contributed by atoms with Gasteiger partial charge in [0.15, 0.2) is 0 Å². The lowest BCUT2D eigenvalue weighted by Gasteiger charge is -2.15. The van der Waals surface area contributed by atoms with Crippen LogP contribution in [0.15, 0.2) is 14.4 Å². The van der Waals surface area contributed by atoms with E-state index in [1.807, 2.05) is 0 Å². The van der Waals surface area contributed by atoms with Gasteiger partial charge in [0.05, 0.1) is 6.42 Å². The molecule has 0 aromatic carbocycles. The first-order valence-corrected chi connectivity index (χ1v) is 6.84. The first-order chi connectivity index (χ1) is 10.2. The number of hydrogen-bond donors (Lipinski definition) is 1. The molecular weight excluding hydrogens is 294 g/mol. The predicted octanol–water partition coefficient (Wildman–Crippen LogP) is -0.794. The van der Waals surface area contributed by atoms with E-state index in [9.17, 15) is 24.0 Å². The second-order valence-corrected chi connectivity index (χ2v) is 5.21. The predicted molar refractivity (Wildman–Crippen MR) is 77.2 cm³/mol. The molecule has 0 unspecified atom stereocenters. The van der Waals surface area contributed by atoms with E-state index >= 15 is 0 Å². The second kappa shape index (κ2) is 7.01. The standard InChI is InChI=1S/C13H19N3O6/c1-8(2)16-12(21)14(6-4-9(3)17)11(20)15(13(16)22)7-5-10(18)19/h8H,4-7H2,1-3H3,(H,18,19). The largest absolute Gasteiger partial charge is 0.481 e. The summed E-state index contributed by atoms with van der Waals surface area (Å²) in [7, 11) is 0. The highest BCUT2D eigenvalue weighted by atomic mass is 16.4. The van der Waals surface area contributed by atoms with Gasteiger partial charge in [-0.25, -0.2) is 28.1 Å². The molecule has 0 radical (unpaired) electrons. The number of nitrogens with zero attached hydrogens (tertiary/aromatic N) is 3. The number of carboxylic acids is 1. The van der Waals surface area contributed by atoms with Crippen LogP contribution >= 0.6 is 0 Å². The number of rotatable bonds is 7. The highest BCUT2D eigenvalue weighted by Gasteiger charge is 2.17. The Hall–Kier alpha value is -2.45. The Morgan fingerprint density at radius 1 is 0.955 bits per heavy atom. The van der Waals surface area contributed by atoms with E-state index in [0.29, 0.717) is 0 Å². The van der Waals surface area contributed by atoms with Gasteiger partial charge >= 0.3 is 23.0 Å². The smallest absolute Gasteiger partial charge is 0.336 e. The van der Waals surface area contributed by atoms with E-state index in [2.05, 4.69) is 0 Å². The fourth-order valence-electron chi connectivity index (χ4n) is 1.95. The van der Waals surface area contributed by atoms with Crippen molar-refractivity contribution in [3.05, 3.63) is 31.5 Å². The molecule has 0 aliphatic carbocycles. The van der Waals surface area contributed by atoms with Crippen LogP contribution in [0.5, 0.6) is 0 Å². The molecule has 1 aromatic heterocycles. The molecule has 1 aromatic rings. The van der Waals surface area contributed by atoms with Crippen LogP contribution < -0.4 is 17.1 Å². The van der Waals surface area contributed by atoms with Crippen LogP contribution in [0.1, 0.15) is 39.7 Å². The zero-order valence-electron chi connectivity index (χ0n) is 12.7. The number of carbonyl (C=O) groups is 2. The van der Waals surface area contributed by atoms with Crippen molar-refractivity contribution in [2.45, 2.75) is 52.7 Å². The van der Waals surface area contributed by atoms with Gasteiger partial charge in [0.2, 0.25) is 0 Å². The van der Waals surface area contributed by atoms with Gasteiger partial charge in [0, 0.05) is 25.6 Å². The molecule has 0 aliphatic heterocycles. The zero-order valence-corrected chi connectivity index (χ0v) is 12.7. The van der Waals surface area contributed by atoms with Gasteiger partial charge in [-0.15, -0.1) is 0 Å². The van der Waals surface area contributed by atoms with Crippen LogP contribution in [0.2, 0.25) is 0 Å². The zero-order chi connectivity index (χ0) is 17.0. The van der Waals surface area contributed by atoms with Crippen molar-refractivity contribution >= 4 is 11.8 Å². The van der Waals surface area contributed by atoms with Crippen LogP contribution in [0, 0.1) is 0 Å². The highest BCUT2D eigenvalue weighted by Crippen LogP contribution is 1.95. The van der Waals surface area contributed by atoms with Gasteiger partial charge in [-0.1, -0.05) is 0 Å². The van der Waals surface area contributed by atoms with Crippen LogP contribution in [-0.4, -0.2) is 30.6 Å². The van der Waals surface area contributed by atoms with E-state index in [1.54, 1.807) is 13.8 Å². The molecule has 0 fully saturated rings. The lowest BCUT2D eigenvalue weighted by Crippen LogP contribution is -2.55.